The second-order valence-electron chi connectivity index (χ2n) is 7.10. The minimum atomic E-state index is -0.310. The average molecular weight is 390 g/mol. The third-order valence-electron chi connectivity index (χ3n) is 5.08. The topological polar surface area (TPSA) is 80.5 Å². The molecular formula is C20H27FN4O3. The monoisotopic (exact) mass is 390 g/mol. The van der Waals surface area contributed by atoms with Gasteiger partial charge >= 0.3 is 0 Å². The van der Waals surface area contributed by atoms with Crippen LogP contribution in [0, 0.1) is 12.7 Å². The molecule has 1 amide bonds. The number of aromatic nitrogens is 2. The summed E-state index contributed by atoms with van der Waals surface area (Å²) in [6.45, 7) is 4.98. The maximum atomic E-state index is 13.7. The van der Waals surface area contributed by atoms with Gasteiger partial charge in [-0.25, -0.2) is 4.39 Å². The number of hydrogen-bond donors (Lipinski definition) is 1. The van der Waals surface area contributed by atoms with Gasteiger partial charge in [-0.1, -0.05) is 17.3 Å². The van der Waals surface area contributed by atoms with Crippen LogP contribution in [-0.4, -0.2) is 60.3 Å². The highest BCUT2D eigenvalue weighted by atomic mass is 19.1. The molecule has 0 saturated carbocycles. The molecule has 7 nitrogen and oxygen atoms in total. The standard InChI is InChI=1S/C20H27FN4O3/c1-14-5-6-15(12-17(14)21)20-23-19(28-24-20)8-7-18(26)22-13-16-4-3-9-25(16)10-11-27-2/h5-6,12,16H,3-4,7-11,13H2,1-2H3,(H,22,26). The second-order valence-corrected chi connectivity index (χ2v) is 7.10. The fourth-order valence-corrected chi connectivity index (χ4v) is 3.38. The number of ether oxygens (including phenoxy) is 1. The Kier molecular flexibility index (Phi) is 7.11. The largest absolute Gasteiger partial charge is 0.383 e. The summed E-state index contributed by atoms with van der Waals surface area (Å²) in [5.41, 5.74) is 1.12. The highest BCUT2D eigenvalue weighted by molar-refractivity contribution is 5.76. The molecule has 1 atom stereocenters. The zero-order chi connectivity index (χ0) is 19.9. The van der Waals surface area contributed by atoms with Gasteiger partial charge in [-0.2, -0.15) is 4.98 Å². The average Bonchev–Trinajstić information content (AvgIpc) is 3.34. The van der Waals surface area contributed by atoms with Crippen molar-refractivity contribution in [2.45, 2.75) is 38.6 Å². The van der Waals surface area contributed by atoms with Crippen LogP contribution in [0.4, 0.5) is 4.39 Å². The molecule has 2 aromatic rings. The predicted molar refractivity (Wildman–Crippen MR) is 102 cm³/mol. The van der Waals surface area contributed by atoms with E-state index in [-0.39, 0.29) is 18.1 Å². The molecule has 0 spiro atoms. The molecule has 1 N–H and O–H groups in total. The number of hydrogen-bond acceptors (Lipinski definition) is 6. The number of aryl methyl sites for hydroxylation is 2. The molecule has 1 aromatic heterocycles. The number of carbonyl (C=O) groups excluding carboxylic acids is 1. The van der Waals surface area contributed by atoms with Crippen molar-refractivity contribution in [1.82, 2.24) is 20.4 Å². The number of nitrogens with zero attached hydrogens (tertiary/aromatic N) is 3. The van der Waals surface area contributed by atoms with Gasteiger partial charge in [0.2, 0.25) is 17.6 Å². The van der Waals surface area contributed by atoms with E-state index in [9.17, 15) is 9.18 Å². The van der Waals surface area contributed by atoms with E-state index in [0.717, 1.165) is 25.9 Å². The van der Waals surface area contributed by atoms with Crippen LogP contribution in [0.5, 0.6) is 0 Å². The van der Waals surface area contributed by atoms with Crippen molar-refractivity contribution < 1.29 is 18.4 Å². The Balaban J connectivity index is 1.45. The summed E-state index contributed by atoms with van der Waals surface area (Å²) in [6, 6.07) is 5.17. The summed E-state index contributed by atoms with van der Waals surface area (Å²) in [6.07, 6.45) is 2.86. The van der Waals surface area contributed by atoms with E-state index in [1.165, 1.54) is 6.07 Å². The minimum absolute atomic E-state index is 0.0419. The molecule has 1 fully saturated rings. The molecule has 152 valence electrons. The first-order valence-electron chi connectivity index (χ1n) is 9.65. The van der Waals surface area contributed by atoms with Gasteiger partial charge in [0, 0.05) is 44.6 Å². The predicted octanol–water partition coefficient (Wildman–Crippen LogP) is 2.34. The van der Waals surface area contributed by atoms with Crippen LogP contribution in [-0.2, 0) is 16.0 Å². The maximum absolute atomic E-state index is 13.7. The smallest absolute Gasteiger partial charge is 0.227 e. The number of carbonyl (C=O) groups is 1. The van der Waals surface area contributed by atoms with Gasteiger partial charge in [0.15, 0.2) is 0 Å². The van der Waals surface area contributed by atoms with E-state index < -0.39 is 0 Å². The van der Waals surface area contributed by atoms with Crippen molar-refractivity contribution in [3.63, 3.8) is 0 Å². The van der Waals surface area contributed by atoms with E-state index in [1.54, 1.807) is 26.2 Å². The lowest BCUT2D eigenvalue weighted by atomic mass is 10.1. The van der Waals surface area contributed by atoms with E-state index in [0.29, 0.717) is 48.5 Å². The van der Waals surface area contributed by atoms with Crippen LogP contribution in [0.1, 0.15) is 30.7 Å². The number of amides is 1. The second kappa shape index (κ2) is 9.75. The Bertz CT molecular complexity index is 796. The molecule has 28 heavy (non-hydrogen) atoms. The van der Waals surface area contributed by atoms with Crippen LogP contribution in [0.2, 0.25) is 0 Å². The number of nitrogens with one attached hydrogen (secondary N) is 1. The van der Waals surface area contributed by atoms with Crippen LogP contribution < -0.4 is 5.32 Å². The highest BCUT2D eigenvalue weighted by Gasteiger charge is 2.24. The SMILES string of the molecule is COCCN1CCCC1CNC(=O)CCc1nc(-c2ccc(C)c(F)c2)no1. The summed E-state index contributed by atoms with van der Waals surface area (Å²) in [7, 11) is 1.70. The Morgan fingerprint density at radius 1 is 1.46 bits per heavy atom. The molecule has 1 aromatic carbocycles. The lowest BCUT2D eigenvalue weighted by molar-refractivity contribution is -0.121. The summed E-state index contributed by atoms with van der Waals surface area (Å²) in [5.74, 6) is 0.345. The first-order chi connectivity index (χ1) is 13.6. The molecular weight excluding hydrogens is 363 g/mol. The van der Waals surface area contributed by atoms with Crippen molar-refractivity contribution in [2.75, 3.05) is 33.4 Å². The van der Waals surface area contributed by atoms with Gasteiger partial charge in [0.1, 0.15) is 5.82 Å². The molecule has 0 radical (unpaired) electrons. The minimum Gasteiger partial charge on any atom is -0.383 e. The van der Waals surface area contributed by atoms with Crippen molar-refractivity contribution in [3.8, 4) is 11.4 Å². The summed E-state index contributed by atoms with van der Waals surface area (Å²) < 4.78 is 24.0. The molecule has 0 bridgehead atoms. The molecule has 3 rings (SSSR count). The van der Waals surface area contributed by atoms with Gasteiger partial charge in [-0.05, 0) is 37.9 Å². The number of likely N-dealkylation sites (tertiary alicyclic amines) is 1. The lowest BCUT2D eigenvalue weighted by Gasteiger charge is -2.24. The van der Waals surface area contributed by atoms with E-state index in [2.05, 4.69) is 20.4 Å². The van der Waals surface area contributed by atoms with Crippen molar-refractivity contribution >= 4 is 5.91 Å². The van der Waals surface area contributed by atoms with Gasteiger partial charge in [0.05, 0.1) is 6.61 Å². The van der Waals surface area contributed by atoms with Crippen molar-refractivity contribution in [1.29, 1.82) is 0 Å². The fourth-order valence-electron chi connectivity index (χ4n) is 3.38. The van der Waals surface area contributed by atoms with Crippen LogP contribution in [0.3, 0.4) is 0 Å². The van der Waals surface area contributed by atoms with Crippen LogP contribution in [0.15, 0.2) is 22.7 Å². The molecule has 1 saturated heterocycles. The summed E-state index contributed by atoms with van der Waals surface area (Å²) >= 11 is 0. The Morgan fingerprint density at radius 3 is 3.11 bits per heavy atom. The molecule has 8 heteroatoms. The van der Waals surface area contributed by atoms with Gasteiger partial charge in [-0.15, -0.1) is 0 Å². The quantitative estimate of drug-likeness (QED) is 0.708. The van der Waals surface area contributed by atoms with Gasteiger partial charge < -0.3 is 14.6 Å². The molecule has 1 unspecified atom stereocenters. The molecule has 0 aliphatic carbocycles. The normalized spacial score (nSPS) is 17.2. The van der Waals surface area contributed by atoms with Crippen molar-refractivity contribution in [3.05, 3.63) is 35.5 Å². The van der Waals surface area contributed by atoms with E-state index >= 15 is 0 Å². The third-order valence-corrected chi connectivity index (χ3v) is 5.08. The Labute approximate surface area is 164 Å². The summed E-state index contributed by atoms with van der Waals surface area (Å²) in [4.78, 5) is 18.8. The maximum Gasteiger partial charge on any atom is 0.227 e. The van der Waals surface area contributed by atoms with Gasteiger partial charge in [-0.3, -0.25) is 9.69 Å². The van der Waals surface area contributed by atoms with E-state index in [1.807, 2.05) is 0 Å². The number of halogens is 1. The molecule has 1 aliphatic heterocycles. The number of benzene rings is 1. The Hall–Kier alpha value is -2.32. The van der Waals surface area contributed by atoms with Gasteiger partial charge in [0.25, 0.3) is 0 Å². The Morgan fingerprint density at radius 2 is 2.32 bits per heavy atom. The van der Waals surface area contributed by atoms with Crippen LogP contribution >= 0.6 is 0 Å². The first-order valence-corrected chi connectivity index (χ1v) is 9.65. The third kappa shape index (κ3) is 5.36. The fraction of sp³-hybridized carbons (Fsp3) is 0.550. The lowest BCUT2D eigenvalue weighted by Crippen LogP contribution is -2.41. The molecule has 1 aliphatic rings. The van der Waals surface area contributed by atoms with Crippen molar-refractivity contribution in [2.24, 2.45) is 0 Å². The summed E-state index contributed by atoms with van der Waals surface area (Å²) in [5, 5.41) is 6.87. The number of rotatable bonds is 9. The van der Waals surface area contributed by atoms with E-state index in [4.69, 9.17) is 9.26 Å². The first kappa shape index (κ1) is 20.4. The molecule has 2 heterocycles. The van der Waals surface area contributed by atoms with Crippen LogP contribution in [0.25, 0.3) is 11.4 Å². The number of methoxy groups -OCH3 is 1. The zero-order valence-electron chi connectivity index (χ0n) is 16.4. The zero-order valence-corrected chi connectivity index (χ0v) is 16.4. The highest BCUT2D eigenvalue weighted by Crippen LogP contribution is 2.19.